The van der Waals surface area contributed by atoms with Gasteiger partial charge in [-0.25, -0.2) is 0 Å². The first-order valence-electron chi connectivity index (χ1n) is 6.83. The van der Waals surface area contributed by atoms with E-state index in [1.165, 1.54) is 4.88 Å². The summed E-state index contributed by atoms with van der Waals surface area (Å²) in [6, 6.07) is 4.17. The van der Waals surface area contributed by atoms with Crippen LogP contribution in [0.25, 0.3) is 0 Å². The average molecular weight is 282 g/mol. The van der Waals surface area contributed by atoms with Crippen molar-refractivity contribution >= 4 is 17.2 Å². The molecule has 19 heavy (non-hydrogen) atoms. The molecule has 1 fully saturated rings. The maximum Gasteiger partial charge on any atom is 0.236 e. The highest BCUT2D eigenvalue weighted by Gasteiger charge is 2.22. The Morgan fingerprint density at radius 2 is 2.47 bits per heavy atom. The summed E-state index contributed by atoms with van der Waals surface area (Å²) in [5, 5.41) is 2.08. The van der Waals surface area contributed by atoms with Gasteiger partial charge in [0.2, 0.25) is 5.91 Å². The van der Waals surface area contributed by atoms with E-state index in [1.54, 1.807) is 11.3 Å². The fourth-order valence-electron chi connectivity index (χ4n) is 2.24. The van der Waals surface area contributed by atoms with Crippen molar-refractivity contribution in [2.45, 2.75) is 26.5 Å². The number of likely N-dealkylation sites (N-methyl/N-ethyl adjacent to an activating group) is 1. The van der Waals surface area contributed by atoms with Crippen molar-refractivity contribution in [2.75, 3.05) is 32.8 Å². The molecule has 5 heteroatoms. The SMILES string of the molecule is CCN(CC(=O)N1CCOC(C)C1)Cc1cccs1. The van der Waals surface area contributed by atoms with Crippen molar-refractivity contribution in [3.8, 4) is 0 Å². The molecule has 2 rings (SSSR count). The van der Waals surface area contributed by atoms with Gasteiger partial charge in [-0.15, -0.1) is 11.3 Å². The molecule has 1 atom stereocenters. The predicted molar refractivity (Wildman–Crippen MR) is 77.3 cm³/mol. The van der Waals surface area contributed by atoms with Gasteiger partial charge in [-0.3, -0.25) is 9.69 Å². The van der Waals surface area contributed by atoms with Crippen molar-refractivity contribution in [1.82, 2.24) is 9.80 Å². The van der Waals surface area contributed by atoms with Crippen LogP contribution in [0.15, 0.2) is 17.5 Å². The van der Waals surface area contributed by atoms with Gasteiger partial charge in [0.15, 0.2) is 0 Å². The van der Waals surface area contributed by atoms with E-state index in [2.05, 4.69) is 29.3 Å². The number of hydrogen-bond donors (Lipinski definition) is 0. The summed E-state index contributed by atoms with van der Waals surface area (Å²) in [5.41, 5.74) is 0. The molecular weight excluding hydrogens is 260 g/mol. The van der Waals surface area contributed by atoms with Crippen LogP contribution in [0, 0.1) is 0 Å². The van der Waals surface area contributed by atoms with Crippen molar-refractivity contribution in [1.29, 1.82) is 0 Å². The first-order valence-corrected chi connectivity index (χ1v) is 7.71. The van der Waals surface area contributed by atoms with E-state index in [0.29, 0.717) is 13.2 Å². The third-order valence-electron chi connectivity index (χ3n) is 3.36. The molecule has 0 aromatic carbocycles. The number of ether oxygens (including phenoxy) is 1. The lowest BCUT2D eigenvalue weighted by Crippen LogP contribution is -2.48. The van der Waals surface area contributed by atoms with Crippen LogP contribution in [0.1, 0.15) is 18.7 Å². The molecular formula is C14H22N2O2S. The summed E-state index contributed by atoms with van der Waals surface area (Å²) >= 11 is 1.74. The second kappa shape index (κ2) is 7.03. The Morgan fingerprint density at radius 3 is 3.11 bits per heavy atom. The lowest BCUT2D eigenvalue weighted by molar-refractivity contribution is -0.139. The molecule has 0 N–H and O–H groups in total. The van der Waals surface area contributed by atoms with Gasteiger partial charge in [0.25, 0.3) is 0 Å². The normalized spacial score (nSPS) is 19.9. The van der Waals surface area contributed by atoms with Gasteiger partial charge in [0, 0.05) is 24.5 Å². The van der Waals surface area contributed by atoms with Gasteiger partial charge in [0.05, 0.1) is 19.3 Å². The van der Waals surface area contributed by atoms with Gasteiger partial charge >= 0.3 is 0 Å². The Labute approximate surface area is 119 Å². The molecule has 0 aliphatic carbocycles. The van der Waals surface area contributed by atoms with Gasteiger partial charge in [-0.05, 0) is 24.9 Å². The second-order valence-electron chi connectivity index (χ2n) is 4.90. The maximum atomic E-state index is 12.3. The third-order valence-corrected chi connectivity index (χ3v) is 4.22. The monoisotopic (exact) mass is 282 g/mol. The minimum atomic E-state index is 0.157. The average Bonchev–Trinajstić information content (AvgIpc) is 2.90. The van der Waals surface area contributed by atoms with E-state index in [0.717, 1.165) is 26.2 Å². The molecule has 0 radical (unpaired) electrons. The van der Waals surface area contributed by atoms with E-state index < -0.39 is 0 Å². The Kier molecular flexibility index (Phi) is 5.36. The molecule has 1 saturated heterocycles. The van der Waals surface area contributed by atoms with Crippen molar-refractivity contribution in [2.24, 2.45) is 0 Å². The van der Waals surface area contributed by atoms with Crippen molar-refractivity contribution in [3.05, 3.63) is 22.4 Å². The van der Waals surface area contributed by atoms with Gasteiger partial charge in [-0.1, -0.05) is 13.0 Å². The molecule has 4 nitrogen and oxygen atoms in total. The fraction of sp³-hybridized carbons (Fsp3) is 0.643. The number of thiophene rings is 1. The van der Waals surface area contributed by atoms with E-state index in [-0.39, 0.29) is 12.0 Å². The smallest absolute Gasteiger partial charge is 0.236 e. The Bertz CT molecular complexity index is 394. The molecule has 2 heterocycles. The number of carbonyl (C=O) groups excluding carboxylic acids is 1. The second-order valence-corrected chi connectivity index (χ2v) is 5.94. The van der Waals surface area contributed by atoms with Crippen LogP contribution < -0.4 is 0 Å². The number of morpholine rings is 1. The summed E-state index contributed by atoms with van der Waals surface area (Å²) in [7, 11) is 0. The Morgan fingerprint density at radius 1 is 1.63 bits per heavy atom. The zero-order chi connectivity index (χ0) is 13.7. The van der Waals surface area contributed by atoms with E-state index in [4.69, 9.17) is 4.74 Å². The molecule has 1 amide bonds. The van der Waals surface area contributed by atoms with E-state index in [9.17, 15) is 4.79 Å². The molecule has 1 aromatic heterocycles. The fourth-order valence-corrected chi connectivity index (χ4v) is 2.98. The highest BCUT2D eigenvalue weighted by Crippen LogP contribution is 2.12. The highest BCUT2D eigenvalue weighted by atomic mass is 32.1. The van der Waals surface area contributed by atoms with Crippen LogP contribution in [0.5, 0.6) is 0 Å². The number of amides is 1. The van der Waals surface area contributed by atoms with Gasteiger partial charge in [-0.2, -0.15) is 0 Å². The Balaban J connectivity index is 1.85. The largest absolute Gasteiger partial charge is 0.375 e. The topological polar surface area (TPSA) is 32.8 Å². The van der Waals surface area contributed by atoms with Crippen LogP contribution in [0.3, 0.4) is 0 Å². The molecule has 0 spiro atoms. The summed E-state index contributed by atoms with van der Waals surface area (Å²) < 4.78 is 5.47. The van der Waals surface area contributed by atoms with E-state index in [1.807, 2.05) is 11.8 Å². The summed E-state index contributed by atoms with van der Waals surface area (Å²) in [6.45, 7) is 8.47. The molecule has 1 aromatic rings. The van der Waals surface area contributed by atoms with Gasteiger partial charge in [0.1, 0.15) is 0 Å². The zero-order valence-electron chi connectivity index (χ0n) is 11.7. The number of carbonyl (C=O) groups is 1. The minimum absolute atomic E-state index is 0.157. The van der Waals surface area contributed by atoms with Crippen LogP contribution in [-0.2, 0) is 16.1 Å². The summed E-state index contributed by atoms with van der Waals surface area (Å²) in [6.07, 6.45) is 0.157. The third kappa shape index (κ3) is 4.30. The zero-order valence-corrected chi connectivity index (χ0v) is 12.5. The number of rotatable bonds is 5. The first kappa shape index (κ1) is 14.5. The number of nitrogens with zero attached hydrogens (tertiary/aromatic N) is 2. The number of hydrogen-bond acceptors (Lipinski definition) is 4. The molecule has 1 unspecified atom stereocenters. The minimum Gasteiger partial charge on any atom is -0.375 e. The Hall–Kier alpha value is -0.910. The van der Waals surface area contributed by atoms with Crippen LogP contribution >= 0.6 is 11.3 Å². The molecule has 1 aliphatic heterocycles. The molecule has 106 valence electrons. The maximum absolute atomic E-state index is 12.3. The van der Waals surface area contributed by atoms with Crippen molar-refractivity contribution < 1.29 is 9.53 Å². The predicted octanol–water partition coefficient (Wildman–Crippen LogP) is 1.82. The molecule has 1 aliphatic rings. The van der Waals surface area contributed by atoms with Crippen LogP contribution in [-0.4, -0.2) is 54.6 Å². The lowest BCUT2D eigenvalue weighted by atomic mass is 10.3. The lowest BCUT2D eigenvalue weighted by Gasteiger charge is -2.32. The van der Waals surface area contributed by atoms with Gasteiger partial charge < -0.3 is 9.64 Å². The van der Waals surface area contributed by atoms with Crippen LogP contribution in [0.4, 0.5) is 0 Å². The molecule has 0 bridgehead atoms. The summed E-state index contributed by atoms with van der Waals surface area (Å²) in [4.78, 5) is 17.7. The summed E-state index contributed by atoms with van der Waals surface area (Å²) in [5.74, 6) is 0.216. The quantitative estimate of drug-likeness (QED) is 0.826. The highest BCUT2D eigenvalue weighted by molar-refractivity contribution is 7.09. The first-order chi connectivity index (χ1) is 9.19. The van der Waals surface area contributed by atoms with E-state index >= 15 is 0 Å². The standard InChI is InChI=1S/C14H22N2O2S/c1-3-15(10-13-5-4-8-19-13)11-14(17)16-6-7-18-12(2)9-16/h4-5,8,12H,3,6-7,9-11H2,1-2H3. The molecule has 0 saturated carbocycles. The van der Waals surface area contributed by atoms with Crippen LogP contribution in [0.2, 0.25) is 0 Å². The van der Waals surface area contributed by atoms with Crippen molar-refractivity contribution in [3.63, 3.8) is 0 Å².